The molecule has 1 unspecified atom stereocenters. The third-order valence-electron chi connectivity index (χ3n) is 2.53. The second kappa shape index (κ2) is 6.95. The molecule has 0 radical (unpaired) electrons. The van der Waals surface area contributed by atoms with Crippen LogP contribution in [0.1, 0.15) is 10.8 Å². The summed E-state index contributed by atoms with van der Waals surface area (Å²) in [6.07, 6.45) is 0. The lowest BCUT2D eigenvalue weighted by Crippen LogP contribution is -2.34. The van der Waals surface area contributed by atoms with Crippen LogP contribution in [0.5, 0.6) is 0 Å². The number of hydrogen-bond donors (Lipinski definition) is 1. The molecule has 0 aromatic heterocycles. The highest BCUT2D eigenvalue weighted by Gasteiger charge is 2.40. The molecule has 19 heavy (non-hydrogen) atoms. The Morgan fingerprint density at radius 1 is 1.26 bits per heavy atom. The fraction of sp³-hybridized carbons (Fsp3) is 0.273. The Balaban J connectivity index is 0.00000180. The predicted molar refractivity (Wildman–Crippen MR) is 83.3 cm³/mol. The number of thioether (sulfide) groups is 1. The Hall–Kier alpha value is -0.270. The van der Waals surface area contributed by atoms with Crippen molar-refractivity contribution in [2.24, 2.45) is 5.73 Å². The van der Waals surface area contributed by atoms with Crippen LogP contribution < -0.4 is 5.73 Å². The third-order valence-corrected chi connectivity index (χ3v) is 4.40. The molecule has 0 saturated carbocycles. The van der Waals surface area contributed by atoms with Gasteiger partial charge in [0, 0.05) is 13.1 Å². The van der Waals surface area contributed by atoms with Crippen molar-refractivity contribution in [1.82, 2.24) is 4.90 Å². The first kappa shape index (κ1) is 16.8. The summed E-state index contributed by atoms with van der Waals surface area (Å²) >= 11 is 12.7. The molecule has 1 aromatic carbocycles. The first-order chi connectivity index (χ1) is 8.54. The lowest BCUT2D eigenvalue weighted by Gasteiger charge is -2.12. The molecule has 1 aliphatic heterocycles. The van der Waals surface area contributed by atoms with Crippen molar-refractivity contribution in [3.05, 3.63) is 33.8 Å². The largest absolute Gasteiger partial charge is 0.329 e. The number of carbonyl (C=O) groups excluding carboxylic acids is 2. The Morgan fingerprint density at radius 3 is 2.53 bits per heavy atom. The second-order valence-corrected chi connectivity index (χ2v) is 5.59. The van der Waals surface area contributed by atoms with Gasteiger partial charge in [-0.15, -0.1) is 17.0 Å². The third kappa shape index (κ3) is 3.44. The van der Waals surface area contributed by atoms with E-state index in [-0.39, 0.29) is 41.2 Å². The Morgan fingerprint density at radius 2 is 1.95 bits per heavy atom. The van der Waals surface area contributed by atoms with E-state index in [9.17, 15) is 9.59 Å². The fourth-order valence-corrected chi connectivity index (χ4v) is 2.99. The van der Waals surface area contributed by atoms with E-state index in [1.807, 2.05) is 0 Å². The van der Waals surface area contributed by atoms with E-state index < -0.39 is 5.25 Å². The zero-order valence-corrected chi connectivity index (χ0v) is 13.7. The summed E-state index contributed by atoms with van der Waals surface area (Å²) in [7, 11) is 0. The van der Waals surface area contributed by atoms with Crippen LogP contribution in [0, 0.1) is 0 Å². The molecule has 0 bridgehead atoms. The minimum Gasteiger partial charge on any atom is -0.329 e. The van der Waals surface area contributed by atoms with Gasteiger partial charge in [-0.25, -0.2) is 0 Å². The normalized spacial score (nSPS) is 18.7. The number of halogens is 3. The van der Waals surface area contributed by atoms with Crippen LogP contribution in [-0.4, -0.2) is 29.1 Å². The number of carbonyl (C=O) groups is 2. The van der Waals surface area contributed by atoms with Gasteiger partial charge in [0.05, 0.1) is 10.0 Å². The summed E-state index contributed by atoms with van der Waals surface area (Å²) in [5.74, 6) is -0.256. The molecule has 1 fully saturated rings. The van der Waals surface area contributed by atoms with Gasteiger partial charge in [0.15, 0.2) is 0 Å². The quantitative estimate of drug-likeness (QED) is 0.867. The number of benzene rings is 1. The molecule has 1 aromatic rings. The van der Waals surface area contributed by atoms with E-state index in [1.54, 1.807) is 18.2 Å². The first-order valence-electron chi connectivity index (χ1n) is 5.21. The Bertz CT molecular complexity index is 515. The monoisotopic (exact) mass is 384 g/mol. The maximum atomic E-state index is 12.1. The van der Waals surface area contributed by atoms with Crippen molar-refractivity contribution in [2.75, 3.05) is 13.1 Å². The molecule has 8 heteroatoms. The average molecular weight is 386 g/mol. The molecule has 104 valence electrons. The van der Waals surface area contributed by atoms with Crippen molar-refractivity contribution in [2.45, 2.75) is 5.25 Å². The van der Waals surface area contributed by atoms with E-state index in [0.717, 1.165) is 16.7 Å². The molecule has 2 amide bonds. The van der Waals surface area contributed by atoms with Crippen LogP contribution >= 0.6 is 51.9 Å². The van der Waals surface area contributed by atoms with Gasteiger partial charge < -0.3 is 5.73 Å². The number of nitrogens with two attached hydrogens (primary N) is 1. The number of rotatable bonds is 3. The number of nitrogens with zero attached hydrogens (tertiary/aromatic N) is 1. The van der Waals surface area contributed by atoms with Gasteiger partial charge in [-0.3, -0.25) is 14.5 Å². The first-order valence-corrected chi connectivity index (χ1v) is 6.85. The van der Waals surface area contributed by atoms with Crippen molar-refractivity contribution >= 4 is 63.1 Å². The molecule has 0 spiro atoms. The van der Waals surface area contributed by atoms with Crippen LogP contribution in [-0.2, 0) is 4.79 Å². The van der Waals surface area contributed by atoms with Gasteiger partial charge in [0.1, 0.15) is 5.25 Å². The molecule has 1 saturated heterocycles. The topological polar surface area (TPSA) is 63.4 Å². The number of hydrogen-bond acceptors (Lipinski definition) is 4. The maximum absolute atomic E-state index is 12.1. The summed E-state index contributed by atoms with van der Waals surface area (Å²) < 4.78 is 0. The van der Waals surface area contributed by atoms with Gasteiger partial charge in [-0.05, 0) is 29.5 Å². The molecule has 1 heterocycles. The molecular weight excluding hydrogens is 375 g/mol. The highest BCUT2D eigenvalue weighted by molar-refractivity contribution is 8.93. The summed E-state index contributed by atoms with van der Waals surface area (Å²) in [5.41, 5.74) is 6.04. The second-order valence-electron chi connectivity index (χ2n) is 3.72. The van der Waals surface area contributed by atoms with E-state index in [0.29, 0.717) is 15.6 Å². The highest BCUT2D eigenvalue weighted by Crippen LogP contribution is 2.40. The Labute approximate surface area is 135 Å². The van der Waals surface area contributed by atoms with E-state index in [2.05, 4.69) is 0 Å². The van der Waals surface area contributed by atoms with E-state index in [1.165, 1.54) is 0 Å². The van der Waals surface area contributed by atoms with Crippen LogP contribution in [0.3, 0.4) is 0 Å². The number of imide groups is 1. The van der Waals surface area contributed by atoms with Crippen LogP contribution in [0.2, 0.25) is 10.0 Å². The van der Waals surface area contributed by atoms with Crippen molar-refractivity contribution in [1.29, 1.82) is 0 Å². The van der Waals surface area contributed by atoms with Crippen molar-refractivity contribution in [3.63, 3.8) is 0 Å². The van der Waals surface area contributed by atoms with Crippen molar-refractivity contribution < 1.29 is 9.59 Å². The molecule has 2 N–H and O–H groups in total. The summed E-state index contributed by atoms with van der Waals surface area (Å²) in [6.45, 7) is 0.495. The smallest absolute Gasteiger partial charge is 0.289 e. The summed E-state index contributed by atoms with van der Waals surface area (Å²) in [5, 5.41) is -0.0476. The lowest BCUT2D eigenvalue weighted by atomic mass is 10.1. The molecule has 0 aliphatic carbocycles. The lowest BCUT2D eigenvalue weighted by molar-refractivity contribution is -0.126. The highest BCUT2D eigenvalue weighted by atomic mass is 79.9. The molecular formula is C11H11BrCl2N2O2S. The standard InChI is InChI=1S/C11H10Cl2N2O2S.BrH/c12-7-2-1-6(5-8(7)13)9-10(16)15(4-3-14)11(17)18-9;/h1-2,5,9H,3-4,14H2;1H. The van der Waals surface area contributed by atoms with Gasteiger partial charge in [-0.1, -0.05) is 29.3 Å². The summed E-state index contributed by atoms with van der Waals surface area (Å²) in [6, 6.07) is 4.92. The molecule has 1 atom stereocenters. The van der Waals surface area contributed by atoms with Gasteiger partial charge >= 0.3 is 0 Å². The average Bonchev–Trinajstić information content (AvgIpc) is 2.61. The zero-order chi connectivity index (χ0) is 13.3. The van der Waals surface area contributed by atoms with Gasteiger partial charge in [0.25, 0.3) is 5.24 Å². The van der Waals surface area contributed by atoms with Crippen LogP contribution in [0.25, 0.3) is 0 Å². The molecule has 2 rings (SSSR count). The maximum Gasteiger partial charge on any atom is 0.289 e. The molecule has 1 aliphatic rings. The van der Waals surface area contributed by atoms with Gasteiger partial charge in [0.2, 0.25) is 5.91 Å². The summed E-state index contributed by atoms with van der Waals surface area (Å²) in [4.78, 5) is 24.9. The van der Waals surface area contributed by atoms with Crippen molar-refractivity contribution in [3.8, 4) is 0 Å². The van der Waals surface area contributed by atoms with E-state index >= 15 is 0 Å². The zero-order valence-electron chi connectivity index (χ0n) is 9.64. The van der Waals surface area contributed by atoms with Gasteiger partial charge in [-0.2, -0.15) is 0 Å². The fourth-order valence-electron chi connectivity index (χ4n) is 1.66. The number of amides is 2. The molecule has 4 nitrogen and oxygen atoms in total. The minimum atomic E-state index is -0.557. The van der Waals surface area contributed by atoms with Crippen LogP contribution in [0.15, 0.2) is 18.2 Å². The van der Waals surface area contributed by atoms with Crippen LogP contribution in [0.4, 0.5) is 4.79 Å². The Kier molecular flexibility index (Phi) is 6.14. The minimum absolute atomic E-state index is 0. The predicted octanol–water partition coefficient (Wildman–Crippen LogP) is 3.27. The van der Waals surface area contributed by atoms with E-state index in [4.69, 9.17) is 28.9 Å². The SMILES string of the molecule is Br.NCCN1C(=O)SC(c2ccc(Cl)c(Cl)c2)C1=O.